The van der Waals surface area contributed by atoms with Crippen molar-refractivity contribution in [1.82, 2.24) is 4.98 Å². The highest BCUT2D eigenvalue weighted by Crippen LogP contribution is 2.18. The maximum absolute atomic E-state index is 13.4. The number of rotatable bonds is 4. The number of nitrogens with zero attached hydrogens (tertiary/aromatic N) is 1. The Morgan fingerprint density at radius 1 is 1.35 bits per heavy atom. The number of carbonyl (C=O) groups excluding carboxylic acids is 1. The molecule has 104 valence electrons. The van der Waals surface area contributed by atoms with E-state index in [1.165, 1.54) is 0 Å². The van der Waals surface area contributed by atoms with Gasteiger partial charge in [-0.1, -0.05) is 6.07 Å². The first-order valence-electron chi connectivity index (χ1n) is 5.96. The number of amides is 1. The molecule has 1 N–H and O–H groups in total. The smallest absolute Gasteiger partial charge is 0.258 e. The molecule has 1 aromatic heterocycles. The Kier molecular flexibility index (Phi) is 4.24. The quantitative estimate of drug-likeness (QED) is 0.875. The topological polar surface area (TPSA) is 51.2 Å². The number of halogens is 2. The van der Waals surface area contributed by atoms with E-state index in [4.69, 9.17) is 4.74 Å². The number of carbonyl (C=O) groups is 1. The van der Waals surface area contributed by atoms with Crippen molar-refractivity contribution in [3.8, 4) is 5.75 Å². The molecule has 0 unspecified atom stereocenters. The summed E-state index contributed by atoms with van der Waals surface area (Å²) in [6.07, 6.45) is 1.03. The van der Waals surface area contributed by atoms with Gasteiger partial charge in [0.1, 0.15) is 5.75 Å². The molecular weight excluding hydrogens is 266 g/mol. The maximum Gasteiger partial charge on any atom is 0.258 e. The third-order valence-electron chi connectivity index (χ3n) is 2.49. The van der Waals surface area contributed by atoms with Gasteiger partial charge in [-0.15, -0.1) is 0 Å². The molecule has 4 nitrogen and oxygen atoms in total. The van der Waals surface area contributed by atoms with Crippen LogP contribution < -0.4 is 10.1 Å². The highest BCUT2D eigenvalue weighted by Gasteiger charge is 2.16. The molecule has 0 aliphatic rings. The van der Waals surface area contributed by atoms with Crippen LogP contribution in [-0.2, 0) is 0 Å². The summed E-state index contributed by atoms with van der Waals surface area (Å²) >= 11 is 0. The van der Waals surface area contributed by atoms with Gasteiger partial charge in [-0.25, -0.2) is 9.37 Å². The van der Waals surface area contributed by atoms with E-state index < -0.39 is 23.2 Å². The highest BCUT2D eigenvalue weighted by molar-refractivity contribution is 6.04. The van der Waals surface area contributed by atoms with Gasteiger partial charge in [0.05, 0.1) is 12.2 Å². The van der Waals surface area contributed by atoms with E-state index in [0.29, 0.717) is 18.0 Å². The standard InChI is InChI=1S/C14H12F2N2O2/c1-2-20-10-5-3-4-9(8-10)18-14(19)11-6-7-17-13(16)12(11)15/h3-8H,2H2,1H3,(H,18,19). The number of pyridine rings is 1. The first-order valence-corrected chi connectivity index (χ1v) is 5.96. The van der Waals surface area contributed by atoms with Gasteiger partial charge < -0.3 is 10.1 Å². The molecule has 1 heterocycles. The van der Waals surface area contributed by atoms with Gasteiger partial charge in [0.2, 0.25) is 5.95 Å². The van der Waals surface area contributed by atoms with Crippen molar-refractivity contribution in [3.63, 3.8) is 0 Å². The number of benzene rings is 1. The third-order valence-corrected chi connectivity index (χ3v) is 2.49. The minimum atomic E-state index is -1.30. The lowest BCUT2D eigenvalue weighted by Crippen LogP contribution is -2.15. The van der Waals surface area contributed by atoms with Crippen LogP contribution in [0.25, 0.3) is 0 Å². The highest BCUT2D eigenvalue weighted by atomic mass is 19.2. The minimum absolute atomic E-state index is 0.403. The predicted molar refractivity (Wildman–Crippen MR) is 69.7 cm³/mol. The molecule has 0 radical (unpaired) electrons. The van der Waals surface area contributed by atoms with E-state index in [9.17, 15) is 13.6 Å². The molecule has 0 fully saturated rings. The van der Waals surface area contributed by atoms with Crippen LogP contribution in [0.2, 0.25) is 0 Å². The molecule has 0 atom stereocenters. The Hall–Kier alpha value is -2.50. The maximum atomic E-state index is 13.4. The van der Waals surface area contributed by atoms with E-state index in [1.807, 2.05) is 6.92 Å². The molecule has 20 heavy (non-hydrogen) atoms. The summed E-state index contributed by atoms with van der Waals surface area (Å²) in [5, 5.41) is 2.47. The lowest BCUT2D eigenvalue weighted by molar-refractivity contribution is 0.102. The molecule has 0 saturated carbocycles. The SMILES string of the molecule is CCOc1cccc(NC(=O)c2ccnc(F)c2F)c1. The average molecular weight is 278 g/mol. The zero-order valence-electron chi connectivity index (χ0n) is 10.7. The van der Waals surface area contributed by atoms with Gasteiger partial charge in [-0.3, -0.25) is 4.79 Å². The lowest BCUT2D eigenvalue weighted by atomic mass is 10.2. The summed E-state index contributed by atoms with van der Waals surface area (Å²) in [4.78, 5) is 15.0. The normalized spacial score (nSPS) is 10.2. The predicted octanol–water partition coefficient (Wildman–Crippen LogP) is 3.01. The first kappa shape index (κ1) is 13.9. The summed E-state index contributed by atoms with van der Waals surface area (Å²) in [6, 6.07) is 7.74. The van der Waals surface area contributed by atoms with Gasteiger partial charge in [0.15, 0.2) is 5.82 Å². The third kappa shape index (κ3) is 3.09. The van der Waals surface area contributed by atoms with Crippen molar-refractivity contribution < 1.29 is 18.3 Å². The van der Waals surface area contributed by atoms with Gasteiger partial charge in [-0.05, 0) is 25.1 Å². The molecule has 2 aromatic rings. The fourth-order valence-corrected chi connectivity index (χ4v) is 1.62. The number of hydrogen-bond donors (Lipinski definition) is 1. The molecule has 1 aromatic carbocycles. The second-order valence-electron chi connectivity index (χ2n) is 3.88. The molecule has 0 aliphatic heterocycles. The Labute approximate surface area is 114 Å². The monoisotopic (exact) mass is 278 g/mol. The van der Waals surface area contributed by atoms with Crippen molar-refractivity contribution in [2.24, 2.45) is 0 Å². The van der Waals surface area contributed by atoms with Crippen LogP contribution in [0, 0.1) is 11.8 Å². The van der Waals surface area contributed by atoms with Crippen LogP contribution in [0.4, 0.5) is 14.5 Å². The fraction of sp³-hybridized carbons (Fsp3) is 0.143. The fourth-order valence-electron chi connectivity index (χ4n) is 1.62. The van der Waals surface area contributed by atoms with Crippen molar-refractivity contribution in [2.75, 3.05) is 11.9 Å². The largest absolute Gasteiger partial charge is 0.494 e. The number of anilines is 1. The van der Waals surface area contributed by atoms with Crippen molar-refractivity contribution in [3.05, 3.63) is 53.9 Å². The summed E-state index contributed by atoms with van der Waals surface area (Å²) < 4.78 is 31.7. The Balaban J connectivity index is 2.19. The zero-order valence-corrected chi connectivity index (χ0v) is 10.7. The van der Waals surface area contributed by atoms with Crippen LogP contribution in [0.5, 0.6) is 5.75 Å². The molecule has 0 aliphatic carbocycles. The summed E-state index contributed by atoms with van der Waals surface area (Å²) in [5.74, 6) is -2.75. The zero-order chi connectivity index (χ0) is 14.5. The molecule has 2 rings (SSSR count). The van der Waals surface area contributed by atoms with Crippen molar-refractivity contribution in [2.45, 2.75) is 6.92 Å². The molecule has 0 saturated heterocycles. The molecule has 0 spiro atoms. The molecular formula is C14H12F2N2O2. The molecule has 0 bridgehead atoms. The summed E-state index contributed by atoms with van der Waals surface area (Å²) in [5.41, 5.74) is 0.0249. The molecule has 1 amide bonds. The van der Waals surface area contributed by atoms with Crippen molar-refractivity contribution in [1.29, 1.82) is 0 Å². The van der Waals surface area contributed by atoms with E-state index in [2.05, 4.69) is 10.3 Å². The lowest BCUT2D eigenvalue weighted by Gasteiger charge is -2.08. The second-order valence-corrected chi connectivity index (χ2v) is 3.88. The van der Waals surface area contributed by atoms with Gasteiger partial charge >= 0.3 is 0 Å². The molecule has 6 heteroatoms. The Morgan fingerprint density at radius 3 is 2.90 bits per heavy atom. The number of hydrogen-bond acceptors (Lipinski definition) is 3. The van der Waals surface area contributed by atoms with Gasteiger partial charge in [0.25, 0.3) is 5.91 Å². The second kappa shape index (κ2) is 6.10. The summed E-state index contributed by atoms with van der Waals surface area (Å²) in [7, 11) is 0. The van der Waals surface area contributed by atoms with Crippen LogP contribution in [0.15, 0.2) is 36.5 Å². The van der Waals surface area contributed by atoms with Crippen LogP contribution >= 0.6 is 0 Å². The number of nitrogens with one attached hydrogen (secondary N) is 1. The Bertz CT molecular complexity index is 632. The van der Waals surface area contributed by atoms with E-state index in [1.54, 1.807) is 24.3 Å². The van der Waals surface area contributed by atoms with Crippen LogP contribution in [0.1, 0.15) is 17.3 Å². The van der Waals surface area contributed by atoms with E-state index >= 15 is 0 Å². The first-order chi connectivity index (χ1) is 9.61. The van der Waals surface area contributed by atoms with E-state index in [0.717, 1.165) is 12.3 Å². The number of aromatic nitrogens is 1. The van der Waals surface area contributed by atoms with Crippen LogP contribution in [-0.4, -0.2) is 17.5 Å². The Morgan fingerprint density at radius 2 is 2.15 bits per heavy atom. The minimum Gasteiger partial charge on any atom is -0.494 e. The van der Waals surface area contributed by atoms with Crippen molar-refractivity contribution >= 4 is 11.6 Å². The number of ether oxygens (including phenoxy) is 1. The van der Waals surface area contributed by atoms with Gasteiger partial charge in [0, 0.05) is 18.0 Å². The average Bonchev–Trinajstić information content (AvgIpc) is 2.42. The van der Waals surface area contributed by atoms with Crippen LogP contribution in [0.3, 0.4) is 0 Å². The van der Waals surface area contributed by atoms with Gasteiger partial charge in [-0.2, -0.15) is 4.39 Å². The van der Waals surface area contributed by atoms with E-state index in [-0.39, 0.29) is 0 Å². The summed E-state index contributed by atoms with van der Waals surface area (Å²) in [6.45, 7) is 2.32.